The van der Waals surface area contributed by atoms with Gasteiger partial charge in [0.15, 0.2) is 0 Å². The number of aromatic nitrogens is 2. The number of rotatable bonds is 5. The molecule has 0 fully saturated rings. The third kappa shape index (κ3) is 3.79. The number of benzene rings is 4. The van der Waals surface area contributed by atoms with Gasteiger partial charge in [-0.3, -0.25) is 4.57 Å². The number of halogens is 1. The minimum atomic E-state index is 0.699. The van der Waals surface area contributed by atoms with E-state index in [1.165, 1.54) is 0 Å². The number of ether oxygens (including phenoxy) is 1. The first kappa shape index (κ1) is 20.1. The topological polar surface area (TPSA) is 27.1 Å². The quantitative estimate of drug-likeness (QED) is 0.284. The normalized spacial score (nSPS) is 10.8. The van der Waals surface area contributed by atoms with E-state index in [1.54, 1.807) is 7.11 Å². The Morgan fingerprint density at radius 3 is 1.84 bits per heavy atom. The molecule has 0 unspecified atom stereocenters. The van der Waals surface area contributed by atoms with Gasteiger partial charge >= 0.3 is 0 Å². The van der Waals surface area contributed by atoms with Gasteiger partial charge in [0.25, 0.3) is 0 Å². The van der Waals surface area contributed by atoms with Gasteiger partial charge in [0.2, 0.25) is 0 Å². The molecule has 5 rings (SSSR count). The number of imidazole rings is 1. The first-order valence-electron chi connectivity index (χ1n) is 10.4. The molecule has 0 saturated carbocycles. The lowest BCUT2D eigenvalue weighted by molar-refractivity contribution is 0.415. The molecule has 4 heteroatoms. The van der Waals surface area contributed by atoms with Crippen LogP contribution < -0.4 is 4.74 Å². The van der Waals surface area contributed by atoms with Gasteiger partial charge in [-0.15, -0.1) is 0 Å². The minimum absolute atomic E-state index is 0.699. The zero-order valence-corrected chi connectivity index (χ0v) is 18.3. The summed E-state index contributed by atoms with van der Waals surface area (Å²) >= 11 is 6.21. The standard InChI is InChI=1S/C28H21ClN2O/c1-32-25-18-12-22(13-19-25)28-30-26(20-8-4-2-5-9-20)27(21-10-6-3-7-11-21)31(28)24-16-14-23(29)15-17-24/h2-19H,1H3. The predicted octanol–water partition coefficient (Wildman–Crippen LogP) is 7.54. The average Bonchev–Trinajstić information content (AvgIpc) is 3.26. The Morgan fingerprint density at radius 2 is 1.25 bits per heavy atom. The van der Waals surface area contributed by atoms with Crippen LogP contribution in [0.25, 0.3) is 39.6 Å². The summed E-state index contributed by atoms with van der Waals surface area (Å²) in [6.45, 7) is 0. The van der Waals surface area contributed by atoms with Crippen LogP contribution in [0, 0.1) is 0 Å². The van der Waals surface area contributed by atoms with E-state index in [9.17, 15) is 0 Å². The van der Waals surface area contributed by atoms with Crippen LogP contribution >= 0.6 is 11.6 Å². The smallest absolute Gasteiger partial charge is 0.145 e. The Balaban J connectivity index is 1.85. The van der Waals surface area contributed by atoms with E-state index < -0.39 is 0 Å². The molecular weight excluding hydrogens is 416 g/mol. The van der Waals surface area contributed by atoms with Gasteiger partial charge in [-0.1, -0.05) is 72.3 Å². The molecule has 0 radical (unpaired) electrons. The highest BCUT2D eigenvalue weighted by atomic mass is 35.5. The molecule has 0 atom stereocenters. The molecule has 1 heterocycles. The maximum atomic E-state index is 6.21. The monoisotopic (exact) mass is 436 g/mol. The van der Waals surface area contributed by atoms with Crippen LogP contribution in [0.3, 0.4) is 0 Å². The highest BCUT2D eigenvalue weighted by Crippen LogP contribution is 2.38. The number of hydrogen-bond donors (Lipinski definition) is 0. The van der Waals surface area contributed by atoms with Crippen LogP contribution in [0.15, 0.2) is 109 Å². The van der Waals surface area contributed by atoms with E-state index in [1.807, 2.05) is 72.8 Å². The molecule has 0 N–H and O–H groups in total. The maximum Gasteiger partial charge on any atom is 0.145 e. The lowest BCUT2D eigenvalue weighted by Gasteiger charge is -2.14. The molecule has 0 saturated heterocycles. The minimum Gasteiger partial charge on any atom is -0.497 e. The summed E-state index contributed by atoms with van der Waals surface area (Å²) in [5.74, 6) is 1.66. The zero-order valence-electron chi connectivity index (χ0n) is 17.6. The van der Waals surface area contributed by atoms with E-state index in [-0.39, 0.29) is 0 Å². The maximum absolute atomic E-state index is 6.21. The Hall–Kier alpha value is -3.82. The molecule has 0 aliphatic rings. The molecule has 0 aliphatic carbocycles. The Labute approximate surface area is 192 Å². The number of methoxy groups -OCH3 is 1. The van der Waals surface area contributed by atoms with Crippen molar-refractivity contribution < 1.29 is 4.74 Å². The Morgan fingerprint density at radius 1 is 0.656 bits per heavy atom. The largest absolute Gasteiger partial charge is 0.497 e. The highest BCUT2D eigenvalue weighted by Gasteiger charge is 2.22. The van der Waals surface area contributed by atoms with Crippen molar-refractivity contribution in [1.82, 2.24) is 9.55 Å². The third-order valence-corrected chi connectivity index (χ3v) is 5.66. The molecule has 3 nitrogen and oxygen atoms in total. The van der Waals surface area contributed by atoms with Gasteiger partial charge in [-0.25, -0.2) is 4.98 Å². The van der Waals surface area contributed by atoms with Crippen molar-refractivity contribution in [3.63, 3.8) is 0 Å². The summed E-state index contributed by atoms with van der Waals surface area (Å²) < 4.78 is 7.56. The van der Waals surface area contributed by atoms with Crippen LogP contribution in [0.4, 0.5) is 0 Å². The van der Waals surface area contributed by atoms with Crippen LogP contribution in [0.2, 0.25) is 5.02 Å². The van der Waals surface area contributed by atoms with Crippen molar-refractivity contribution in [1.29, 1.82) is 0 Å². The van der Waals surface area contributed by atoms with E-state index in [0.717, 1.165) is 45.3 Å². The second-order valence-electron chi connectivity index (χ2n) is 7.41. The molecule has 5 aromatic rings. The Kier molecular flexibility index (Phi) is 5.49. The summed E-state index contributed by atoms with van der Waals surface area (Å²) in [6.07, 6.45) is 0. The van der Waals surface area contributed by atoms with Crippen molar-refractivity contribution in [2.75, 3.05) is 7.11 Å². The summed E-state index contributed by atoms with van der Waals surface area (Å²) in [5.41, 5.74) is 6.11. The average molecular weight is 437 g/mol. The van der Waals surface area contributed by atoms with Crippen LogP contribution in [0.5, 0.6) is 5.75 Å². The molecule has 0 spiro atoms. The fourth-order valence-corrected chi connectivity index (χ4v) is 3.98. The number of nitrogens with zero attached hydrogens (tertiary/aromatic N) is 2. The van der Waals surface area contributed by atoms with Gasteiger partial charge in [0, 0.05) is 27.4 Å². The lowest BCUT2D eigenvalue weighted by atomic mass is 10.0. The molecule has 0 amide bonds. The SMILES string of the molecule is COc1ccc(-c2nc(-c3ccccc3)c(-c3ccccc3)n2-c2ccc(Cl)cc2)cc1. The molecule has 4 aromatic carbocycles. The number of hydrogen-bond acceptors (Lipinski definition) is 2. The first-order chi connectivity index (χ1) is 15.7. The summed E-state index contributed by atoms with van der Waals surface area (Å²) in [4.78, 5) is 5.17. The van der Waals surface area contributed by atoms with Crippen molar-refractivity contribution in [2.45, 2.75) is 0 Å². The van der Waals surface area contributed by atoms with Gasteiger partial charge in [0.1, 0.15) is 11.6 Å². The van der Waals surface area contributed by atoms with Crippen LogP contribution in [-0.4, -0.2) is 16.7 Å². The van der Waals surface area contributed by atoms with E-state index in [0.29, 0.717) is 5.02 Å². The molecule has 0 bridgehead atoms. The van der Waals surface area contributed by atoms with Crippen LogP contribution in [0.1, 0.15) is 0 Å². The molecule has 1 aromatic heterocycles. The molecule has 32 heavy (non-hydrogen) atoms. The van der Waals surface area contributed by atoms with Crippen molar-refractivity contribution in [3.05, 3.63) is 114 Å². The zero-order chi connectivity index (χ0) is 21.9. The second-order valence-corrected chi connectivity index (χ2v) is 7.84. The van der Waals surface area contributed by atoms with Gasteiger partial charge in [-0.05, 0) is 48.5 Å². The molecular formula is C28H21ClN2O. The fraction of sp³-hybridized carbons (Fsp3) is 0.0357. The second kappa shape index (κ2) is 8.74. The predicted molar refractivity (Wildman–Crippen MR) is 131 cm³/mol. The van der Waals surface area contributed by atoms with Crippen molar-refractivity contribution in [2.24, 2.45) is 0 Å². The summed E-state index contributed by atoms with van der Waals surface area (Å²) in [5, 5.41) is 0.699. The van der Waals surface area contributed by atoms with Crippen LogP contribution in [-0.2, 0) is 0 Å². The third-order valence-electron chi connectivity index (χ3n) is 5.40. The van der Waals surface area contributed by atoms with E-state index in [4.69, 9.17) is 21.3 Å². The molecule has 0 aliphatic heterocycles. The molecule has 156 valence electrons. The summed E-state index contributed by atoms with van der Waals surface area (Å²) in [6, 6.07) is 36.5. The van der Waals surface area contributed by atoms with E-state index in [2.05, 4.69) is 41.0 Å². The highest BCUT2D eigenvalue weighted by molar-refractivity contribution is 6.30. The van der Waals surface area contributed by atoms with Gasteiger partial charge in [0.05, 0.1) is 18.5 Å². The first-order valence-corrected chi connectivity index (χ1v) is 10.8. The van der Waals surface area contributed by atoms with Gasteiger partial charge < -0.3 is 4.74 Å². The fourth-order valence-electron chi connectivity index (χ4n) is 3.86. The van der Waals surface area contributed by atoms with Gasteiger partial charge in [-0.2, -0.15) is 0 Å². The Bertz CT molecular complexity index is 1330. The van der Waals surface area contributed by atoms with E-state index >= 15 is 0 Å². The van der Waals surface area contributed by atoms with Crippen molar-refractivity contribution in [3.8, 4) is 45.3 Å². The van der Waals surface area contributed by atoms with Crippen molar-refractivity contribution >= 4 is 11.6 Å². The lowest BCUT2D eigenvalue weighted by Crippen LogP contribution is -2.00. The summed E-state index contributed by atoms with van der Waals surface area (Å²) in [7, 11) is 1.67.